The van der Waals surface area contributed by atoms with Gasteiger partial charge in [0.15, 0.2) is 0 Å². The van der Waals surface area contributed by atoms with E-state index in [0.717, 1.165) is 16.0 Å². The van der Waals surface area contributed by atoms with E-state index < -0.39 is 0 Å². The van der Waals surface area contributed by atoms with E-state index in [1.807, 2.05) is 24.3 Å². The molecule has 4 nitrogen and oxygen atoms in total. The van der Waals surface area contributed by atoms with Crippen LogP contribution >= 0.6 is 15.9 Å². The third kappa shape index (κ3) is 4.20. The monoisotopic (exact) mass is 334 g/mol. The van der Waals surface area contributed by atoms with Crippen LogP contribution in [0.25, 0.3) is 0 Å². The molecule has 1 aromatic carbocycles. The molecule has 0 spiro atoms. The van der Waals surface area contributed by atoms with Crippen molar-refractivity contribution in [1.29, 1.82) is 0 Å². The number of nitrogens with zero attached hydrogens (tertiary/aromatic N) is 2. The van der Waals surface area contributed by atoms with Gasteiger partial charge < -0.3 is 10.6 Å². The second-order valence-electron chi connectivity index (χ2n) is 5.73. The van der Waals surface area contributed by atoms with Gasteiger partial charge in [0.05, 0.1) is 0 Å². The molecule has 2 N–H and O–H groups in total. The summed E-state index contributed by atoms with van der Waals surface area (Å²) in [5.74, 6) is 1.39. The number of hydrogen-bond donors (Lipinski definition) is 2. The van der Waals surface area contributed by atoms with Crippen molar-refractivity contribution in [2.24, 2.45) is 0 Å². The predicted octanol–water partition coefficient (Wildman–Crippen LogP) is 4.50. The first-order chi connectivity index (χ1) is 9.33. The maximum Gasteiger partial charge on any atom is 0.229 e. The molecule has 0 saturated heterocycles. The molecule has 0 aliphatic carbocycles. The molecule has 0 fully saturated rings. The number of benzene rings is 1. The third-order valence-corrected chi connectivity index (χ3v) is 3.44. The first-order valence-corrected chi connectivity index (χ1v) is 7.27. The average molecular weight is 335 g/mol. The highest BCUT2D eigenvalue weighted by atomic mass is 79.9. The van der Waals surface area contributed by atoms with E-state index in [1.54, 1.807) is 6.20 Å². The Bertz CT molecular complexity index is 605. The van der Waals surface area contributed by atoms with Crippen LogP contribution in [-0.4, -0.2) is 15.5 Å². The highest BCUT2D eigenvalue weighted by Gasteiger charge is 2.10. The van der Waals surface area contributed by atoms with Crippen LogP contribution in [0.15, 0.2) is 34.9 Å². The fourth-order valence-electron chi connectivity index (χ4n) is 1.67. The summed E-state index contributed by atoms with van der Waals surface area (Å²) >= 11 is 3.52. The Morgan fingerprint density at radius 3 is 2.55 bits per heavy atom. The van der Waals surface area contributed by atoms with Gasteiger partial charge in [0, 0.05) is 21.9 Å². The molecule has 0 unspecified atom stereocenters. The molecule has 20 heavy (non-hydrogen) atoms. The van der Waals surface area contributed by atoms with Crippen molar-refractivity contribution in [3.63, 3.8) is 0 Å². The quantitative estimate of drug-likeness (QED) is 0.867. The van der Waals surface area contributed by atoms with Crippen molar-refractivity contribution in [2.45, 2.75) is 33.2 Å². The van der Waals surface area contributed by atoms with Gasteiger partial charge in [-0.3, -0.25) is 0 Å². The average Bonchev–Trinajstić information content (AvgIpc) is 2.32. The van der Waals surface area contributed by atoms with Crippen LogP contribution < -0.4 is 10.6 Å². The summed E-state index contributed by atoms with van der Waals surface area (Å²) in [7, 11) is 0. The summed E-state index contributed by atoms with van der Waals surface area (Å²) in [6, 6.07) is 7.93. The Kier molecular flexibility index (Phi) is 4.28. The van der Waals surface area contributed by atoms with Crippen molar-refractivity contribution in [3.05, 3.63) is 40.5 Å². The van der Waals surface area contributed by atoms with Crippen molar-refractivity contribution < 1.29 is 0 Å². The fourth-order valence-corrected chi connectivity index (χ4v) is 2.05. The molecule has 1 heterocycles. The van der Waals surface area contributed by atoms with Crippen LogP contribution in [0.5, 0.6) is 0 Å². The Balaban J connectivity index is 2.17. The van der Waals surface area contributed by atoms with E-state index in [4.69, 9.17) is 0 Å². The van der Waals surface area contributed by atoms with E-state index in [2.05, 4.69) is 64.2 Å². The van der Waals surface area contributed by atoms with E-state index in [9.17, 15) is 0 Å². The number of nitrogens with one attached hydrogen (secondary N) is 2. The number of halogens is 1. The molecule has 2 rings (SSSR count). The summed E-state index contributed by atoms with van der Waals surface area (Å²) < 4.78 is 1.06. The predicted molar refractivity (Wildman–Crippen MR) is 87.6 cm³/mol. The van der Waals surface area contributed by atoms with Crippen LogP contribution in [0.4, 0.5) is 17.5 Å². The van der Waals surface area contributed by atoms with Gasteiger partial charge in [-0.2, -0.15) is 4.98 Å². The van der Waals surface area contributed by atoms with Crippen LogP contribution in [0.1, 0.15) is 26.3 Å². The number of aromatic nitrogens is 2. The number of aryl methyl sites for hydroxylation is 1. The lowest BCUT2D eigenvalue weighted by molar-refractivity contribution is 0.630. The second-order valence-corrected chi connectivity index (χ2v) is 6.58. The van der Waals surface area contributed by atoms with Gasteiger partial charge in [-0.1, -0.05) is 22.0 Å². The molecule has 0 amide bonds. The molecular formula is C15H19BrN4. The minimum atomic E-state index is -0.0293. The molecule has 5 heteroatoms. The fraction of sp³-hybridized carbons (Fsp3) is 0.333. The summed E-state index contributed by atoms with van der Waals surface area (Å²) in [6.07, 6.45) is 1.74. The summed E-state index contributed by atoms with van der Waals surface area (Å²) in [5, 5.41) is 6.53. The lowest BCUT2D eigenvalue weighted by atomic mass is 10.1. The van der Waals surface area contributed by atoms with Gasteiger partial charge in [0.2, 0.25) is 5.95 Å². The lowest BCUT2D eigenvalue weighted by Gasteiger charge is -2.21. The minimum Gasteiger partial charge on any atom is -0.365 e. The molecular weight excluding hydrogens is 316 g/mol. The SMILES string of the molecule is Cc1ccc(Nc2nccc(NC(C)(C)C)n2)cc1Br. The maximum absolute atomic E-state index is 4.46. The lowest BCUT2D eigenvalue weighted by Crippen LogP contribution is -2.26. The second kappa shape index (κ2) is 5.79. The Morgan fingerprint density at radius 2 is 1.90 bits per heavy atom. The zero-order valence-corrected chi connectivity index (χ0v) is 13.7. The summed E-state index contributed by atoms with van der Waals surface area (Å²) in [4.78, 5) is 8.70. The van der Waals surface area contributed by atoms with Crippen LogP contribution in [0.2, 0.25) is 0 Å². The van der Waals surface area contributed by atoms with Gasteiger partial charge in [0.25, 0.3) is 0 Å². The molecule has 0 aliphatic heterocycles. The number of anilines is 3. The number of hydrogen-bond acceptors (Lipinski definition) is 4. The molecule has 0 radical (unpaired) electrons. The van der Waals surface area contributed by atoms with E-state index >= 15 is 0 Å². The van der Waals surface area contributed by atoms with E-state index in [0.29, 0.717) is 5.95 Å². The van der Waals surface area contributed by atoms with Crippen LogP contribution in [-0.2, 0) is 0 Å². The highest BCUT2D eigenvalue weighted by Crippen LogP contribution is 2.23. The largest absolute Gasteiger partial charge is 0.365 e. The van der Waals surface area contributed by atoms with Gasteiger partial charge >= 0.3 is 0 Å². The smallest absolute Gasteiger partial charge is 0.229 e. The van der Waals surface area contributed by atoms with Gasteiger partial charge in [-0.15, -0.1) is 0 Å². The van der Waals surface area contributed by atoms with Gasteiger partial charge in [-0.25, -0.2) is 4.98 Å². The highest BCUT2D eigenvalue weighted by molar-refractivity contribution is 9.10. The van der Waals surface area contributed by atoms with Crippen LogP contribution in [0, 0.1) is 6.92 Å². The minimum absolute atomic E-state index is 0.0293. The van der Waals surface area contributed by atoms with E-state index in [1.165, 1.54) is 5.56 Å². The summed E-state index contributed by atoms with van der Waals surface area (Å²) in [5.41, 5.74) is 2.12. The molecule has 2 aromatic rings. The Hall–Kier alpha value is -1.62. The molecule has 0 saturated carbocycles. The zero-order chi connectivity index (χ0) is 14.8. The van der Waals surface area contributed by atoms with Crippen molar-refractivity contribution in [2.75, 3.05) is 10.6 Å². The maximum atomic E-state index is 4.46. The first kappa shape index (κ1) is 14.8. The molecule has 0 bridgehead atoms. The standard InChI is InChI=1S/C15H19BrN4/c1-10-5-6-11(9-12(10)16)18-14-17-8-7-13(19-14)20-15(2,3)4/h5-9H,1-4H3,(H2,17,18,19,20). The third-order valence-electron chi connectivity index (χ3n) is 2.59. The van der Waals surface area contributed by atoms with Crippen LogP contribution in [0.3, 0.4) is 0 Å². The molecule has 106 valence electrons. The molecule has 0 aliphatic rings. The number of rotatable bonds is 3. The Labute approximate surface area is 128 Å². The topological polar surface area (TPSA) is 49.8 Å². The molecule has 0 atom stereocenters. The molecule has 1 aromatic heterocycles. The van der Waals surface area contributed by atoms with Gasteiger partial charge in [-0.05, 0) is 51.5 Å². The zero-order valence-electron chi connectivity index (χ0n) is 12.2. The Morgan fingerprint density at radius 1 is 1.15 bits per heavy atom. The van der Waals surface area contributed by atoms with E-state index in [-0.39, 0.29) is 5.54 Å². The first-order valence-electron chi connectivity index (χ1n) is 6.48. The normalized spacial score (nSPS) is 11.2. The van der Waals surface area contributed by atoms with Crippen molar-refractivity contribution in [3.8, 4) is 0 Å². The van der Waals surface area contributed by atoms with Gasteiger partial charge in [0.1, 0.15) is 5.82 Å². The summed E-state index contributed by atoms with van der Waals surface area (Å²) in [6.45, 7) is 8.34. The van der Waals surface area contributed by atoms with Crippen molar-refractivity contribution >= 4 is 33.4 Å². The van der Waals surface area contributed by atoms with Crippen molar-refractivity contribution in [1.82, 2.24) is 9.97 Å².